The van der Waals surface area contributed by atoms with Crippen molar-refractivity contribution in [1.82, 2.24) is 5.32 Å². The Morgan fingerprint density at radius 3 is 2.89 bits per heavy atom. The van der Waals surface area contributed by atoms with Crippen LogP contribution in [-0.2, 0) is 15.9 Å². The Labute approximate surface area is 112 Å². The van der Waals surface area contributed by atoms with Gasteiger partial charge in [0.2, 0.25) is 0 Å². The predicted molar refractivity (Wildman–Crippen MR) is 70.1 cm³/mol. The Morgan fingerprint density at radius 2 is 2.32 bits per heavy atom. The Bertz CT molecular complexity index is 408. The maximum atomic E-state index is 13.6. The molecule has 0 aliphatic carbocycles. The Hall–Kier alpha value is -1.17. The highest BCUT2D eigenvalue weighted by molar-refractivity contribution is 5.29. The van der Waals surface area contributed by atoms with E-state index in [2.05, 4.69) is 5.32 Å². The normalized spacial score (nSPS) is 21.1. The summed E-state index contributed by atoms with van der Waals surface area (Å²) in [5.41, 5.74) is 0.909. The van der Waals surface area contributed by atoms with Crippen molar-refractivity contribution in [2.75, 3.05) is 34.0 Å². The SMILES string of the molecule is CNC(Cc1ccc(OC)c(F)c1)C1COCCO1. The van der Waals surface area contributed by atoms with Gasteiger partial charge in [-0.2, -0.15) is 0 Å². The van der Waals surface area contributed by atoms with Gasteiger partial charge in [0.15, 0.2) is 11.6 Å². The summed E-state index contributed by atoms with van der Waals surface area (Å²) in [6.07, 6.45) is 0.690. The molecule has 2 atom stereocenters. The molecule has 5 heteroatoms. The molecule has 0 radical (unpaired) electrons. The van der Waals surface area contributed by atoms with Gasteiger partial charge in [0.25, 0.3) is 0 Å². The van der Waals surface area contributed by atoms with Crippen LogP contribution in [-0.4, -0.2) is 46.1 Å². The molecule has 106 valence electrons. The number of methoxy groups -OCH3 is 1. The molecule has 1 aliphatic rings. The van der Waals surface area contributed by atoms with Crippen LogP contribution in [0.4, 0.5) is 4.39 Å². The number of ether oxygens (including phenoxy) is 3. The smallest absolute Gasteiger partial charge is 0.165 e. The number of hydrogen-bond donors (Lipinski definition) is 1. The van der Waals surface area contributed by atoms with Crippen molar-refractivity contribution in [1.29, 1.82) is 0 Å². The highest BCUT2D eigenvalue weighted by atomic mass is 19.1. The molecule has 2 rings (SSSR count). The number of likely N-dealkylation sites (N-methyl/N-ethyl adjacent to an activating group) is 1. The van der Waals surface area contributed by atoms with Gasteiger partial charge in [-0.05, 0) is 31.2 Å². The fourth-order valence-electron chi connectivity index (χ4n) is 2.25. The molecule has 1 heterocycles. The molecular weight excluding hydrogens is 249 g/mol. The number of benzene rings is 1. The predicted octanol–water partition coefficient (Wildman–Crippen LogP) is 1.38. The van der Waals surface area contributed by atoms with Gasteiger partial charge in [-0.3, -0.25) is 0 Å². The second-order valence-electron chi connectivity index (χ2n) is 4.55. The summed E-state index contributed by atoms with van der Waals surface area (Å²) < 4.78 is 29.6. The number of hydrogen-bond acceptors (Lipinski definition) is 4. The highest BCUT2D eigenvalue weighted by Gasteiger charge is 2.24. The molecule has 0 spiro atoms. The Balaban J connectivity index is 2.03. The van der Waals surface area contributed by atoms with Gasteiger partial charge in [-0.1, -0.05) is 6.07 Å². The van der Waals surface area contributed by atoms with Crippen molar-refractivity contribution in [2.24, 2.45) is 0 Å². The van der Waals surface area contributed by atoms with Gasteiger partial charge in [0.05, 0.1) is 33.0 Å². The minimum atomic E-state index is -0.337. The first-order valence-electron chi connectivity index (χ1n) is 6.43. The van der Waals surface area contributed by atoms with Crippen LogP contribution in [0.5, 0.6) is 5.75 Å². The van der Waals surface area contributed by atoms with Crippen LogP contribution < -0.4 is 10.1 Å². The lowest BCUT2D eigenvalue weighted by Gasteiger charge is -2.30. The standard InChI is InChI=1S/C14H20FNO3/c1-16-12(14-9-18-5-6-19-14)8-10-3-4-13(17-2)11(15)7-10/h3-4,7,12,14,16H,5-6,8-9H2,1-2H3. The molecule has 1 fully saturated rings. The largest absolute Gasteiger partial charge is 0.494 e. The van der Waals surface area contributed by atoms with Crippen LogP contribution in [0.1, 0.15) is 5.56 Å². The third-order valence-electron chi connectivity index (χ3n) is 3.33. The molecule has 19 heavy (non-hydrogen) atoms. The number of nitrogens with one attached hydrogen (secondary N) is 1. The van der Waals surface area contributed by atoms with Gasteiger partial charge in [0, 0.05) is 6.04 Å². The maximum Gasteiger partial charge on any atom is 0.165 e. The fourth-order valence-corrected chi connectivity index (χ4v) is 2.25. The lowest BCUT2D eigenvalue weighted by molar-refractivity contribution is -0.100. The number of halogens is 1. The van der Waals surface area contributed by atoms with Crippen molar-refractivity contribution in [2.45, 2.75) is 18.6 Å². The van der Waals surface area contributed by atoms with E-state index >= 15 is 0 Å². The van der Waals surface area contributed by atoms with E-state index in [1.807, 2.05) is 13.1 Å². The third kappa shape index (κ3) is 3.65. The molecule has 1 aliphatic heterocycles. The van der Waals surface area contributed by atoms with Crippen LogP contribution in [0.25, 0.3) is 0 Å². The first-order chi connectivity index (χ1) is 9.24. The first-order valence-corrected chi connectivity index (χ1v) is 6.43. The van der Waals surface area contributed by atoms with Gasteiger partial charge >= 0.3 is 0 Å². The van der Waals surface area contributed by atoms with E-state index in [0.717, 1.165) is 5.56 Å². The van der Waals surface area contributed by atoms with Crippen LogP contribution in [0, 0.1) is 5.82 Å². The van der Waals surface area contributed by atoms with E-state index in [1.54, 1.807) is 6.07 Å². The van der Waals surface area contributed by atoms with E-state index < -0.39 is 0 Å². The second kappa shape index (κ2) is 6.84. The van der Waals surface area contributed by atoms with Crippen molar-refractivity contribution < 1.29 is 18.6 Å². The topological polar surface area (TPSA) is 39.7 Å². The van der Waals surface area contributed by atoms with Crippen LogP contribution in [0.2, 0.25) is 0 Å². The van der Waals surface area contributed by atoms with Gasteiger partial charge in [0.1, 0.15) is 0 Å². The lowest BCUT2D eigenvalue weighted by Crippen LogP contribution is -2.46. The zero-order valence-electron chi connectivity index (χ0n) is 11.3. The molecule has 2 unspecified atom stereocenters. The monoisotopic (exact) mass is 269 g/mol. The molecule has 1 N–H and O–H groups in total. The van der Waals surface area contributed by atoms with Gasteiger partial charge in [-0.15, -0.1) is 0 Å². The second-order valence-corrected chi connectivity index (χ2v) is 4.55. The maximum absolute atomic E-state index is 13.6. The highest BCUT2D eigenvalue weighted by Crippen LogP contribution is 2.19. The zero-order chi connectivity index (χ0) is 13.7. The summed E-state index contributed by atoms with van der Waals surface area (Å²) >= 11 is 0. The average molecular weight is 269 g/mol. The molecule has 0 saturated carbocycles. The van der Waals surface area contributed by atoms with E-state index in [1.165, 1.54) is 13.2 Å². The fraction of sp³-hybridized carbons (Fsp3) is 0.571. The average Bonchev–Trinajstić information content (AvgIpc) is 2.46. The summed E-state index contributed by atoms with van der Waals surface area (Å²) in [7, 11) is 3.34. The molecule has 0 bridgehead atoms. The zero-order valence-corrected chi connectivity index (χ0v) is 11.3. The molecule has 1 aromatic carbocycles. The molecule has 1 saturated heterocycles. The van der Waals surface area contributed by atoms with Crippen LogP contribution >= 0.6 is 0 Å². The molecule has 0 aromatic heterocycles. The summed E-state index contributed by atoms with van der Waals surface area (Å²) in [6.45, 7) is 1.83. The van der Waals surface area contributed by atoms with E-state index in [9.17, 15) is 4.39 Å². The summed E-state index contributed by atoms with van der Waals surface area (Å²) in [4.78, 5) is 0. The summed E-state index contributed by atoms with van der Waals surface area (Å²) in [6, 6.07) is 5.13. The summed E-state index contributed by atoms with van der Waals surface area (Å²) in [5.74, 6) is -0.0716. The Morgan fingerprint density at radius 1 is 1.47 bits per heavy atom. The van der Waals surface area contributed by atoms with Gasteiger partial charge in [-0.25, -0.2) is 4.39 Å². The molecule has 1 aromatic rings. The quantitative estimate of drug-likeness (QED) is 0.876. The van der Waals surface area contributed by atoms with E-state index in [0.29, 0.717) is 26.2 Å². The van der Waals surface area contributed by atoms with Crippen molar-refractivity contribution in [3.63, 3.8) is 0 Å². The molecule has 4 nitrogen and oxygen atoms in total. The van der Waals surface area contributed by atoms with Crippen LogP contribution in [0.3, 0.4) is 0 Å². The van der Waals surface area contributed by atoms with E-state index in [-0.39, 0.29) is 23.7 Å². The van der Waals surface area contributed by atoms with Crippen molar-refractivity contribution in [3.05, 3.63) is 29.6 Å². The molecule has 0 amide bonds. The Kier molecular flexibility index (Phi) is 5.13. The summed E-state index contributed by atoms with van der Waals surface area (Å²) in [5, 5.41) is 3.21. The van der Waals surface area contributed by atoms with E-state index in [4.69, 9.17) is 14.2 Å². The van der Waals surface area contributed by atoms with Crippen molar-refractivity contribution >= 4 is 0 Å². The number of rotatable bonds is 5. The van der Waals surface area contributed by atoms with Gasteiger partial charge < -0.3 is 19.5 Å². The minimum absolute atomic E-state index is 0.00362. The van der Waals surface area contributed by atoms with Crippen LogP contribution in [0.15, 0.2) is 18.2 Å². The first kappa shape index (κ1) is 14.2. The molecular formula is C14H20FNO3. The lowest BCUT2D eigenvalue weighted by atomic mass is 10.0. The third-order valence-corrected chi connectivity index (χ3v) is 3.33. The minimum Gasteiger partial charge on any atom is -0.494 e. The van der Waals surface area contributed by atoms with Crippen molar-refractivity contribution in [3.8, 4) is 5.75 Å².